The van der Waals surface area contributed by atoms with Crippen LogP contribution in [0.2, 0.25) is 0 Å². The van der Waals surface area contributed by atoms with Crippen LogP contribution in [0.1, 0.15) is 40.0 Å². The van der Waals surface area contributed by atoms with Crippen molar-refractivity contribution in [3.05, 3.63) is 0 Å². The van der Waals surface area contributed by atoms with E-state index in [1.807, 2.05) is 0 Å². The van der Waals surface area contributed by atoms with Crippen LogP contribution in [0.5, 0.6) is 0 Å². The lowest BCUT2D eigenvalue weighted by Gasteiger charge is -2.26. The zero-order valence-electron chi connectivity index (χ0n) is 8.82. The van der Waals surface area contributed by atoms with Crippen molar-refractivity contribution < 1.29 is 0 Å². The summed E-state index contributed by atoms with van der Waals surface area (Å²) >= 11 is 0. The Balaban J connectivity index is 3.45. The Morgan fingerprint density at radius 3 is 2.42 bits per heavy atom. The van der Waals surface area contributed by atoms with Gasteiger partial charge in [-0.05, 0) is 31.3 Å². The number of nitrogens with one attached hydrogen (secondary N) is 1. The summed E-state index contributed by atoms with van der Waals surface area (Å²) in [5.41, 5.74) is 5.99. The highest BCUT2D eigenvalue weighted by Crippen LogP contribution is 2.17. The van der Waals surface area contributed by atoms with Crippen molar-refractivity contribution in [2.75, 3.05) is 19.6 Å². The lowest BCUT2D eigenvalue weighted by atomic mass is 9.88. The van der Waals surface area contributed by atoms with Gasteiger partial charge in [0.05, 0.1) is 0 Å². The molecule has 1 atom stereocenters. The number of nitrogens with two attached hydrogens (primary N) is 1. The third-order valence-electron chi connectivity index (χ3n) is 2.61. The van der Waals surface area contributed by atoms with Crippen LogP contribution in [0, 0.1) is 5.41 Å². The zero-order chi connectivity index (χ0) is 9.45. The third kappa shape index (κ3) is 4.73. The summed E-state index contributed by atoms with van der Waals surface area (Å²) in [6, 6.07) is 0. The first-order valence-corrected chi connectivity index (χ1v) is 5.09. The average molecular weight is 172 g/mol. The Labute approximate surface area is 76.9 Å². The number of unbranched alkanes of at least 4 members (excludes halogenated alkanes) is 1. The van der Waals surface area contributed by atoms with Crippen molar-refractivity contribution in [3.8, 4) is 0 Å². The van der Waals surface area contributed by atoms with Gasteiger partial charge in [-0.1, -0.05) is 27.2 Å². The van der Waals surface area contributed by atoms with Crippen molar-refractivity contribution in [2.24, 2.45) is 11.1 Å². The topological polar surface area (TPSA) is 38.0 Å². The van der Waals surface area contributed by atoms with Crippen molar-refractivity contribution >= 4 is 0 Å². The van der Waals surface area contributed by atoms with E-state index in [0.29, 0.717) is 5.41 Å². The second kappa shape index (κ2) is 6.44. The van der Waals surface area contributed by atoms with E-state index in [4.69, 9.17) is 5.73 Å². The fraction of sp³-hybridized carbons (Fsp3) is 1.00. The van der Waals surface area contributed by atoms with Crippen LogP contribution in [-0.2, 0) is 0 Å². The molecule has 0 aromatic carbocycles. The molecule has 0 radical (unpaired) electrons. The Morgan fingerprint density at radius 1 is 1.33 bits per heavy atom. The van der Waals surface area contributed by atoms with E-state index in [0.717, 1.165) is 26.1 Å². The Kier molecular flexibility index (Phi) is 6.39. The molecule has 0 aromatic rings. The van der Waals surface area contributed by atoms with Gasteiger partial charge < -0.3 is 11.1 Å². The van der Waals surface area contributed by atoms with E-state index >= 15 is 0 Å². The predicted molar refractivity (Wildman–Crippen MR) is 55.2 cm³/mol. The van der Waals surface area contributed by atoms with Gasteiger partial charge in [0.15, 0.2) is 0 Å². The number of rotatable bonds is 7. The smallest absolute Gasteiger partial charge is 0.00171 e. The molecule has 74 valence electrons. The van der Waals surface area contributed by atoms with Crippen LogP contribution < -0.4 is 11.1 Å². The molecule has 0 amide bonds. The molecular weight excluding hydrogens is 148 g/mol. The summed E-state index contributed by atoms with van der Waals surface area (Å²) in [6.07, 6.45) is 3.69. The second-order valence-electron chi connectivity index (χ2n) is 3.90. The van der Waals surface area contributed by atoms with Crippen LogP contribution in [0.4, 0.5) is 0 Å². The maximum absolute atomic E-state index is 5.69. The van der Waals surface area contributed by atoms with Gasteiger partial charge in [0.25, 0.3) is 0 Å². The fourth-order valence-electron chi connectivity index (χ4n) is 1.03. The van der Waals surface area contributed by atoms with Crippen molar-refractivity contribution in [1.82, 2.24) is 5.32 Å². The van der Waals surface area contributed by atoms with Gasteiger partial charge in [-0.15, -0.1) is 0 Å². The molecule has 0 aliphatic heterocycles. The first kappa shape index (κ1) is 11.9. The van der Waals surface area contributed by atoms with E-state index in [1.54, 1.807) is 0 Å². The molecule has 3 N–H and O–H groups in total. The predicted octanol–water partition coefficient (Wildman–Crippen LogP) is 1.75. The molecule has 0 rings (SSSR count). The lowest BCUT2D eigenvalue weighted by Crippen LogP contribution is -2.37. The van der Waals surface area contributed by atoms with Crippen LogP contribution in [0.15, 0.2) is 0 Å². The van der Waals surface area contributed by atoms with Crippen molar-refractivity contribution in [1.29, 1.82) is 0 Å². The minimum Gasteiger partial charge on any atom is -0.330 e. The third-order valence-corrected chi connectivity index (χ3v) is 2.61. The van der Waals surface area contributed by atoms with Crippen LogP contribution in [-0.4, -0.2) is 19.6 Å². The summed E-state index contributed by atoms with van der Waals surface area (Å²) < 4.78 is 0. The highest BCUT2D eigenvalue weighted by Gasteiger charge is 2.18. The molecule has 2 heteroatoms. The summed E-state index contributed by atoms with van der Waals surface area (Å²) in [6.45, 7) is 9.62. The second-order valence-corrected chi connectivity index (χ2v) is 3.90. The van der Waals surface area contributed by atoms with E-state index in [9.17, 15) is 0 Å². The molecule has 0 bridgehead atoms. The van der Waals surface area contributed by atoms with Gasteiger partial charge in [0, 0.05) is 6.54 Å². The molecule has 0 heterocycles. The van der Waals surface area contributed by atoms with E-state index < -0.39 is 0 Å². The zero-order valence-corrected chi connectivity index (χ0v) is 8.82. The maximum atomic E-state index is 5.69. The van der Waals surface area contributed by atoms with Crippen molar-refractivity contribution in [3.63, 3.8) is 0 Å². The number of hydrogen-bond acceptors (Lipinski definition) is 2. The molecule has 1 unspecified atom stereocenters. The minimum atomic E-state index is 0.299. The van der Waals surface area contributed by atoms with Gasteiger partial charge in [0.2, 0.25) is 0 Å². The Bertz CT molecular complexity index is 98.0. The molecule has 12 heavy (non-hydrogen) atoms. The van der Waals surface area contributed by atoms with E-state index in [2.05, 4.69) is 26.1 Å². The molecule has 0 saturated heterocycles. The van der Waals surface area contributed by atoms with Gasteiger partial charge >= 0.3 is 0 Å². The largest absolute Gasteiger partial charge is 0.330 e. The average Bonchev–Trinajstić information content (AvgIpc) is 2.12. The molecule has 0 fully saturated rings. The number of hydrogen-bond donors (Lipinski definition) is 2. The first-order chi connectivity index (χ1) is 5.68. The maximum Gasteiger partial charge on any atom is 0.00171 e. The molecule has 2 nitrogen and oxygen atoms in total. The quantitative estimate of drug-likeness (QED) is 0.574. The van der Waals surface area contributed by atoms with Crippen LogP contribution in [0.25, 0.3) is 0 Å². The molecule has 0 spiro atoms. The Hall–Kier alpha value is -0.0800. The molecule has 0 aromatic heterocycles. The first-order valence-electron chi connectivity index (χ1n) is 5.09. The highest BCUT2D eigenvalue weighted by atomic mass is 14.9. The fourth-order valence-corrected chi connectivity index (χ4v) is 1.03. The highest BCUT2D eigenvalue weighted by molar-refractivity contribution is 4.75. The summed E-state index contributed by atoms with van der Waals surface area (Å²) in [5.74, 6) is 0. The van der Waals surface area contributed by atoms with Gasteiger partial charge in [-0.2, -0.15) is 0 Å². The lowest BCUT2D eigenvalue weighted by molar-refractivity contribution is 0.303. The van der Waals surface area contributed by atoms with Gasteiger partial charge in [-0.25, -0.2) is 0 Å². The van der Waals surface area contributed by atoms with Gasteiger partial charge in [-0.3, -0.25) is 0 Å². The van der Waals surface area contributed by atoms with Crippen LogP contribution >= 0.6 is 0 Å². The Morgan fingerprint density at radius 2 is 2.00 bits per heavy atom. The van der Waals surface area contributed by atoms with E-state index in [-0.39, 0.29) is 0 Å². The van der Waals surface area contributed by atoms with Gasteiger partial charge in [0.1, 0.15) is 0 Å². The van der Waals surface area contributed by atoms with Crippen molar-refractivity contribution in [2.45, 2.75) is 40.0 Å². The summed E-state index contributed by atoms with van der Waals surface area (Å²) in [4.78, 5) is 0. The SMILES string of the molecule is CCCCNCC(C)(CC)CN. The normalized spacial score (nSPS) is 16.0. The minimum absolute atomic E-state index is 0.299. The van der Waals surface area contributed by atoms with Crippen LogP contribution in [0.3, 0.4) is 0 Å². The van der Waals surface area contributed by atoms with E-state index in [1.165, 1.54) is 12.8 Å². The molecule has 0 aliphatic carbocycles. The molecule has 0 aliphatic rings. The molecule has 0 saturated carbocycles. The standard InChI is InChI=1S/C10H24N2/c1-4-6-7-12-9-10(3,5-2)8-11/h12H,4-9,11H2,1-3H3. The summed E-state index contributed by atoms with van der Waals surface area (Å²) in [7, 11) is 0. The molecular formula is C10H24N2. The summed E-state index contributed by atoms with van der Waals surface area (Å²) in [5, 5.41) is 3.45. The monoisotopic (exact) mass is 172 g/mol.